The van der Waals surface area contributed by atoms with Crippen molar-refractivity contribution in [1.29, 1.82) is 0 Å². The molecule has 1 aromatic heterocycles. The number of ether oxygens (including phenoxy) is 2. The minimum atomic E-state index is -3.06. The van der Waals surface area contributed by atoms with Gasteiger partial charge < -0.3 is 19.7 Å². The van der Waals surface area contributed by atoms with E-state index in [9.17, 15) is 28.6 Å². The molecule has 1 aliphatic rings. The quantitative estimate of drug-likeness (QED) is 0.433. The number of alkyl halides is 2. The summed E-state index contributed by atoms with van der Waals surface area (Å²) in [6.45, 7) is 0.699. The molecule has 1 unspecified atom stereocenters. The number of nitrogens with zero attached hydrogens (tertiary/aromatic N) is 2. The molecule has 2 heterocycles. The van der Waals surface area contributed by atoms with Crippen molar-refractivity contribution in [3.8, 4) is 17.2 Å². The molecule has 0 bridgehead atoms. The van der Waals surface area contributed by atoms with Crippen LogP contribution in [0.5, 0.6) is 17.2 Å². The highest BCUT2D eigenvalue weighted by Crippen LogP contribution is 2.46. The lowest BCUT2D eigenvalue weighted by Crippen LogP contribution is -2.16. The van der Waals surface area contributed by atoms with Crippen LogP contribution in [0, 0.1) is 0 Å². The fraction of sp³-hybridized carbons (Fsp3) is 0.240. The van der Waals surface area contributed by atoms with Crippen LogP contribution in [0.4, 0.5) is 8.78 Å². The fourth-order valence-corrected chi connectivity index (χ4v) is 4.10. The van der Waals surface area contributed by atoms with Gasteiger partial charge in [0.25, 0.3) is 0 Å². The number of aromatic nitrogens is 2. The first-order valence-electron chi connectivity index (χ1n) is 10.8. The van der Waals surface area contributed by atoms with Crippen LogP contribution in [0.3, 0.4) is 0 Å². The van der Waals surface area contributed by atoms with Gasteiger partial charge in [-0.25, -0.2) is 0 Å². The number of hydrogen-bond donors (Lipinski definition) is 2. The summed E-state index contributed by atoms with van der Waals surface area (Å²) < 4.78 is 37.6. The Morgan fingerprint density at radius 3 is 2.63 bits per heavy atom. The minimum absolute atomic E-state index is 0.0104. The average molecular weight is 484 g/mol. The number of hydrogen-bond acceptors (Lipinski definition) is 6. The number of allylic oxidation sites excluding steroid dienone is 1. The highest BCUT2D eigenvalue weighted by molar-refractivity contribution is 6.15. The zero-order valence-electron chi connectivity index (χ0n) is 18.8. The van der Waals surface area contributed by atoms with Crippen LogP contribution in [0.15, 0.2) is 54.4 Å². The first-order chi connectivity index (χ1) is 16.7. The number of aromatic hydroxyl groups is 1. The summed E-state index contributed by atoms with van der Waals surface area (Å²) in [6.07, 6.45) is 2.40. The number of phenolic OH excluding ortho intramolecular Hbond substituents is 1. The number of phenols is 1. The summed E-state index contributed by atoms with van der Waals surface area (Å²) in [6, 6.07) is 10.1. The smallest absolute Gasteiger partial charge is 0.387 e. The predicted octanol–water partition coefficient (Wildman–Crippen LogP) is 4.99. The lowest BCUT2D eigenvalue weighted by Gasteiger charge is -2.22. The Balaban J connectivity index is 1.82. The summed E-state index contributed by atoms with van der Waals surface area (Å²) in [7, 11) is 0. The van der Waals surface area contributed by atoms with Crippen LogP contribution >= 0.6 is 0 Å². The molecule has 0 fully saturated rings. The SMILES string of the molecule is CC(C)n1nccc1C(CC(=O)O)c1c(O)ccc2c1O/C(=C\c1ccccc1OC(F)F)C2=O. The normalized spacial score (nSPS) is 14.9. The topological polar surface area (TPSA) is 111 Å². The molecular weight excluding hydrogens is 462 g/mol. The van der Waals surface area contributed by atoms with Crippen molar-refractivity contribution < 1.29 is 38.1 Å². The van der Waals surface area contributed by atoms with Gasteiger partial charge in [-0.1, -0.05) is 18.2 Å². The van der Waals surface area contributed by atoms with E-state index in [1.165, 1.54) is 42.6 Å². The number of carbonyl (C=O) groups is 2. The molecule has 0 spiro atoms. The molecule has 10 heteroatoms. The van der Waals surface area contributed by atoms with Gasteiger partial charge in [-0.05, 0) is 44.2 Å². The number of ketones is 1. The molecule has 0 amide bonds. The second-order valence-electron chi connectivity index (χ2n) is 8.18. The van der Waals surface area contributed by atoms with E-state index in [-0.39, 0.29) is 45.7 Å². The molecule has 4 rings (SSSR count). The molecule has 3 aromatic rings. The lowest BCUT2D eigenvalue weighted by molar-refractivity contribution is -0.137. The Bertz CT molecular complexity index is 1320. The van der Waals surface area contributed by atoms with Crippen LogP contribution < -0.4 is 9.47 Å². The molecule has 8 nitrogen and oxygen atoms in total. The van der Waals surface area contributed by atoms with E-state index in [2.05, 4.69) is 9.84 Å². The third-order valence-electron chi connectivity index (χ3n) is 5.55. The van der Waals surface area contributed by atoms with E-state index in [1.54, 1.807) is 16.8 Å². The van der Waals surface area contributed by atoms with Gasteiger partial charge in [0.05, 0.1) is 12.0 Å². The second kappa shape index (κ2) is 9.57. The molecule has 0 radical (unpaired) electrons. The number of aliphatic carboxylic acids is 1. The number of carboxylic acid groups (broad SMARTS) is 1. The van der Waals surface area contributed by atoms with Gasteiger partial charge in [0.15, 0.2) is 5.76 Å². The molecule has 1 atom stereocenters. The maximum Gasteiger partial charge on any atom is 0.387 e. The number of fused-ring (bicyclic) bond motifs is 1. The number of rotatable bonds is 8. The van der Waals surface area contributed by atoms with E-state index in [0.29, 0.717) is 5.69 Å². The molecule has 2 aromatic carbocycles. The number of halogens is 2. The van der Waals surface area contributed by atoms with Crippen LogP contribution in [0.2, 0.25) is 0 Å². The van der Waals surface area contributed by atoms with Gasteiger partial charge in [-0.2, -0.15) is 13.9 Å². The Labute approximate surface area is 199 Å². The summed E-state index contributed by atoms with van der Waals surface area (Å²) in [5, 5.41) is 24.6. The molecule has 0 aliphatic carbocycles. The third kappa shape index (κ3) is 4.72. The number of carbonyl (C=O) groups excluding carboxylic acids is 1. The van der Waals surface area contributed by atoms with Crippen LogP contribution in [-0.2, 0) is 4.79 Å². The Morgan fingerprint density at radius 1 is 1.20 bits per heavy atom. The van der Waals surface area contributed by atoms with Gasteiger partial charge in [0.2, 0.25) is 5.78 Å². The molecular formula is C25H22F2N2O6. The van der Waals surface area contributed by atoms with Crippen molar-refractivity contribution in [2.75, 3.05) is 0 Å². The van der Waals surface area contributed by atoms with Crippen molar-refractivity contribution in [1.82, 2.24) is 9.78 Å². The summed E-state index contributed by atoms with van der Waals surface area (Å²) in [5.74, 6) is -3.10. The minimum Gasteiger partial charge on any atom is -0.508 e. The number of Topliss-reactive ketones (excluding diaryl/α,β-unsaturated/α-hetero) is 1. The predicted molar refractivity (Wildman–Crippen MR) is 121 cm³/mol. The highest BCUT2D eigenvalue weighted by Gasteiger charge is 2.36. The fourth-order valence-electron chi connectivity index (χ4n) is 4.10. The van der Waals surface area contributed by atoms with Gasteiger partial charge in [0, 0.05) is 35.0 Å². The monoisotopic (exact) mass is 484 g/mol. The lowest BCUT2D eigenvalue weighted by atomic mass is 9.89. The Hall–Kier alpha value is -4.21. The molecule has 0 saturated heterocycles. The largest absolute Gasteiger partial charge is 0.508 e. The van der Waals surface area contributed by atoms with Gasteiger partial charge >= 0.3 is 12.6 Å². The van der Waals surface area contributed by atoms with Crippen molar-refractivity contribution >= 4 is 17.8 Å². The maximum atomic E-state index is 13.1. The molecule has 0 saturated carbocycles. The maximum absolute atomic E-state index is 13.1. The Morgan fingerprint density at radius 2 is 1.94 bits per heavy atom. The standard InChI is InChI=1S/C25H22F2N2O6/c1-13(2)29-17(9-10-28-29)16(12-21(31)32)22-18(30)8-7-15-23(33)20(34-24(15)22)11-14-5-3-4-6-19(14)35-25(26)27/h3-11,13,16,25,30H,12H2,1-2H3,(H,31,32)/b20-11-. The number of carboxylic acids is 1. The summed E-state index contributed by atoms with van der Waals surface area (Å²) in [5.41, 5.74) is 0.952. The van der Waals surface area contributed by atoms with Gasteiger partial charge in [0.1, 0.15) is 17.2 Å². The van der Waals surface area contributed by atoms with Gasteiger partial charge in [-0.3, -0.25) is 14.3 Å². The van der Waals surface area contributed by atoms with Crippen molar-refractivity contribution in [3.05, 3.63) is 76.8 Å². The van der Waals surface area contributed by atoms with Crippen LogP contribution in [-0.4, -0.2) is 38.4 Å². The van der Waals surface area contributed by atoms with Crippen molar-refractivity contribution in [3.63, 3.8) is 0 Å². The Kier molecular flexibility index (Phi) is 6.54. The number of benzene rings is 2. The van der Waals surface area contributed by atoms with Crippen LogP contribution in [0.25, 0.3) is 6.08 Å². The van der Waals surface area contributed by atoms with Crippen molar-refractivity contribution in [2.45, 2.75) is 38.8 Å². The second-order valence-corrected chi connectivity index (χ2v) is 8.18. The zero-order chi connectivity index (χ0) is 25.3. The van der Waals surface area contributed by atoms with Gasteiger partial charge in [-0.15, -0.1) is 0 Å². The van der Waals surface area contributed by atoms with Crippen molar-refractivity contribution in [2.24, 2.45) is 0 Å². The van der Waals surface area contributed by atoms with Crippen LogP contribution in [0.1, 0.15) is 59.4 Å². The first-order valence-corrected chi connectivity index (χ1v) is 10.8. The molecule has 35 heavy (non-hydrogen) atoms. The zero-order valence-corrected chi connectivity index (χ0v) is 18.8. The third-order valence-corrected chi connectivity index (χ3v) is 5.55. The molecule has 1 aliphatic heterocycles. The summed E-state index contributed by atoms with van der Waals surface area (Å²) >= 11 is 0. The number of para-hydroxylation sites is 1. The van der Waals surface area contributed by atoms with E-state index >= 15 is 0 Å². The van der Waals surface area contributed by atoms with E-state index in [1.807, 2.05) is 13.8 Å². The highest BCUT2D eigenvalue weighted by atomic mass is 19.3. The average Bonchev–Trinajstić information content (AvgIpc) is 3.39. The molecule has 182 valence electrons. The first kappa shape index (κ1) is 23.9. The summed E-state index contributed by atoms with van der Waals surface area (Å²) in [4.78, 5) is 24.9. The molecule has 2 N–H and O–H groups in total. The van der Waals surface area contributed by atoms with E-state index in [0.717, 1.165) is 0 Å². The van der Waals surface area contributed by atoms with E-state index in [4.69, 9.17) is 4.74 Å². The van der Waals surface area contributed by atoms with E-state index < -0.39 is 30.7 Å².